The molecule has 1 rings (SSSR count). The average molecular weight is 140 g/mol. The van der Waals surface area contributed by atoms with Crippen molar-refractivity contribution in [2.75, 3.05) is 19.7 Å². The number of nitrogens with zero attached hydrogens (tertiary/aromatic N) is 1. The predicted octanol–water partition coefficient (Wildman–Crippen LogP) is 0.279. The first-order valence-electron chi connectivity index (χ1n) is 3.54. The standard InChI is InChI=1S/C7H12N2O/c1-2-10-7(3-4-8)5-9-6-7/h9H,2-3,5-6H2,1H3. The van der Waals surface area contributed by atoms with Gasteiger partial charge in [0, 0.05) is 19.7 Å². The van der Waals surface area contributed by atoms with Crippen LogP contribution in [0.3, 0.4) is 0 Å². The van der Waals surface area contributed by atoms with Crippen LogP contribution in [-0.2, 0) is 4.74 Å². The second-order valence-corrected chi connectivity index (χ2v) is 2.55. The fourth-order valence-corrected chi connectivity index (χ4v) is 1.13. The first kappa shape index (κ1) is 7.52. The van der Waals surface area contributed by atoms with E-state index in [-0.39, 0.29) is 5.60 Å². The molecule has 0 unspecified atom stereocenters. The molecule has 1 heterocycles. The number of hydrogen-bond acceptors (Lipinski definition) is 3. The largest absolute Gasteiger partial charge is 0.372 e. The lowest BCUT2D eigenvalue weighted by Gasteiger charge is -2.40. The Hall–Kier alpha value is -0.590. The van der Waals surface area contributed by atoms with Gasteiger partial charge in [-0.3, -0.25) is 0 Å². The van der Waals surface area contributed by atoms with Crippen LogP contribution in [0.25, 0.3) is 0 Å². The van der Waals surface area contributed by atoms with Crippen LogP contribution in [0.1, 0.15) is 13.3 Å². The molecule has 0 aromatic carbocycles. The van der Waals surface area contributed by atoms with Crippen LogP contribution in [0.2, 0.25) is 0 Å². The molecule has 10 heavy (non-hydrogen) atoms. The summed E-state index contributed by atoms with van der Waals surface area (Å²) >= 11 is 0. The van der Waals surface area contributed by atoms with Gasteiger partial charge in [-0.15, -0.1) is 0 Å². The van der Waals surface area contributed by atoms with Crippen LogP contribution < -0.4 is 5.32 Å². The van der Waals surface area contributed by atoms with Crippen LogP contribution in [0.15, 0.2) is 0 Å². The van der Waals surface area contributed by atoms with Gasteiger partial charge in [-0.2, -0.15) is 5.26 Å². The van der Waals surface area contributed by atoms with E-state index in [1.54, 1.807) is 0 Å². The molecule has 3 nitrogen and oxygen atoms in total. The van der Waals surface area contributed by atoms with Gasteiger partial charge >= 0.3 is 0 Å². The van der Waals surface area contributed by atoms with Crippen LogP contribution in [0.5, 0.6) is 0 Å². The molecule has 0 aliphatic carbocycles. The van der Waals surface area contributed by atoms with Crippen molar-refractivity contribution < 1.29 is 4.74 Å². The van der Waals surface area contributed by atoms with Crippen LogP contribution in [0.4, 0.5) is 0 Å². The number of rotatable bonds is 3. The summed E-state index contributed by atoms with van der Waals surface area (Å²) in [6.07, 6.45) is 0.508. The monoisotopic (exact) mass is 140 g/mol. The Morgan fingerprint density at radius 3 is 2.70 bits per heavy atom. The topological polar surface area (TPSA) is 45.0 Å². The highest BCUT2D eigenvalue weighted by Crippen LogP contribution is 2.19. The second-order valence-electron chi connectivity index (χ2n) is 2.55. The molecule has 0 aromatic rings. The van der Waals surface area contributed by atoms with Gasteiger partial charge in [0.1, 0.15) is 5.60 Å². The molecule has 1 fully saturated rings. The molecular formula is C7H12N2O. The Balaban J connectivity index is 2.36. The molecule has 0 atom stereocenters. The molecule has 1 N–H and O–H groups in total. The maximum Gasteiger partial charge on any atom is 0.106 e. The predicted molar refractivity (Wildman–Crippen MR) is 37.5 cm³/mol. The fraction of sp³-hybridized carbons (Fsp3) is 0.857. The van der Waals surface area contributed by atoms with Crippen molar-refractivity contribution in [3.05, 3.63) is 0 Å². The lowest BCUT2D eigenvalue weighted by Crippen LogP contribution is -2.60. The van der Waals surface area contributed by atoms with E-state index >= 15 is 0 Å². The smallest absolute Gasteiger partial charge is 0.106 e. The van der Waals surface area contributed by atoms with Gasteiger partial charge in [0.2, 0.25) is 0 Å². The minimum atomic E-state index is -0.149. The van der Waals surface area contributed by atoms with Crippen molar-refractivity contribution in [3.8, 4) is 6.07 Å². The SMILES string of the molecule is CCOC1(CC#N)CNC1. The summed E-state index contributed by atoms with van der Waals surface area (Å²) in [6, 6.07) is 2.13. The third kappa shape index (κ3) is 1.28. The van der Waals surface area contributed by atoms with Gasteiger partial charge in [-0.25, -0.2) is 0 Å². The highest BCUT2D eigenvalue weighted by Gasteiger charge is 2.37. The molecule has 0 amide bonds. The lowest BCUT2D eigenvalue weighted by molar-refractivity contribution is -0.0716. The first-order chi connectivity index (χ1) is 4.83. The number of nitrogens with one attached hydrogen (secondary N) is 1. The zero-order chi connectivity index (χ0) is 7.45. The highest BCUT2D eigenvalue weighted by atomic mass is 16.5. The van der Waals surface area contributed by atoms with E-state index in [0.717, 1.165) is 13.1 Å². The normalized spacial score (nSPS) is 21.2. The molecule has 0 radical (unpaired) electrons. The first-order valence-corrected chi connectivity index (χ1v) is 3.54. The quantitative estimate of drug-likeness (QED) is 0.612. The van der Waals surface area contributed by atoms with Crippen molar-refractivity contribution >= 4 is 0 Å². The Labute approximate surface area is 61.0 Å². The molecule has 56 valence electrons. The lowest BCUT2D eigenvalue weighted by atomic mass is 9.93. The highest BCUT2D eigenvalue weighted by molar-refractivity contribution is 5.00. The molecular weight excluding hydrogens is 128 g/mol. The van der Waals surface area contributed by atoms with Gasteiger partial charge in [-0.1, -0.05) is 0 Å². The van der Waals surface area contributed by atoms with E-state index < -0.39 is 0 Å². The van der Waals surface area contributed by atoms with Crippen LogP contribution >= 0.6 is 0 Å². The summed E-state index contributed by atoms with van der Waals surface area (Å²) in [6.45, 7) is 4.31. The maximum absolute atomic E-state index is 8.44. The second kappa shape index (κ2) is 3.00. The van der Waals surface area contributed by atoms with Gasteiger partial charge < -0.3 is 10.1 Å². The van der Waals surface area contributed by atoms with Crippen molar-refractivity contribution in [1.82, 2.24) is 5.32 Å². The maximum atomic E-state index is 8.44. The Kier molecular flexibility index (Phi) is 2.25. The van der Waals surface area contributed by atoms with Crippen molar-refractivity contribution in [2.45, 2.75) is 18.9 Å². The summed E-state index contributed by atoms with van der Waals surface area (Å²) in [5, 5.41) is 11.5. The third-order valence-corrected chi connectivity index (χ3v) is 1.75. The van der Waals surface area contributed by atoms with Gasteiger partial charge in [0.25, 0.3) is 0 Å². The van der Waals surface area contributed by atoms with Crippen molar-refractivity contribution in [3.63, 3.8) is 0 Å². The Morgan fingerprint density at radius 2 is 2.40 bits per heavy atom. The number of ether oxygens (including phenoxy) is 1. The van der Waals surface area contributed by atoms with Gasteiger partial charge in [0.05, 0.1) is 12.5 Å². The summed E-state index contributed by atoms with van der Waals surface area (Å²) in [7, 11) is 0. The number of nitriles is 1. The fourth-order valence-electron chi connectivity index (χ4n) is 1.13. The molecule has 0 bridgehead atoms. The van der Waals surface area contributed by atoms with Crippen molar-refractivity contribution in [1.29, 1.82) is 5.26 Å². The Morgan fingerprint density at radius 1 is 1.70 bits per heavy atom. The van der Waals surface area contributed by atoms with E-state index in [0.29, 0.717) is 13.0 Å². The third-order valence-electron chi connectivity index (χ3n) is 1.75. The molecule has 0 spiro atoms. The number of hydrogen-bond donors (Lipinski definition) is 1. The molecule has 1 aliphatic rings. The van der Waals surface area contributed by atoms with E-state index in [2.05, 4.69) is 11.4 Å². The minimum absolute atomic E-state index is 0.149. The zero-order valence-electron chi connectivity index (χ0n) is 6.18. The summed E-state index contributed by atoms with van der Waals surface area (Å²) in [5.74, 6) is 0. The molecule has 1 saturated heterocycles. The summed E-state index contributed by atoms with van der Waals surface area (Å²) < 4.78 is 5.42. The molecule has 3 heteroatoms. The van der Waals surface area contributed by atoms with E-state index in [1.807, 2.05) is 6.92 Å². The van der Waals surface area contributed by atoms with Gasteiger partial charge in [-0.05, 0) is 6.92 Å². The van der Waals surface area contributed by atoms with E-state index in [4.69, 9.17) is 10.00 Å². The van der Waals surface area contributed by atoms with Crippen molar-refractivity contribution in [2.24, 2.45) is 0 Å². The van der Waals surface area contributed by atoms with Crippen LogP contribution in [0, 0.1) is 11.3 Å². The zero-order valence-corrected chi connectivity index (χ0v) is 6.18. The minimum Gasteiger partial charge on any atom is -0.372 e. The summed E-state index contributed by atoms with van der Waals surface area (Å²) in [4.78, 5) is 0. The van der Waals surface area contributed by atoms with Gasteiger partial charge in [0.15, 0.2) is 0 Å². The van der Waals surface area contributed by atoms with E-state index in [1.165, 1.54) is 0 Å². The van der Waals surface area contributed by atoms with Crippen LogP contribution in [-0.4, -0.2) is 25.3 Å². The Bertz CT molecular complexity index is 146. The molecule has 0 saturated carbocycles. The van der Waals surface area contributed by atoms with E-state index in [9.17, 15) is 0 Å². The average Bonchev–Trinajstić information content (AvgIpc) is 1.84. The molecule has 0 aromatic heterocycles. The molecule has 1 aliphatic heterocycles. The summed E-state index contributed by atoms with van der Waals surface area (Å²) in [5.41, 5.74) is -0.149.